The average molecular weight is 306 g/mol. The first-order chi connectivity index (χ1) is 10.1. The molecule has 5 nitrogen and oxygen atoms in total. The summed E-state index contributed by atoms with van der Waals surface area (Å²) in [6.07, 6.45) is 6.34. The molecule has 6 heteroatoms. The largest absolute Gasteiger partial charge is 0.397 e. The average Bonchev–Trinajstić information content (AvgIpc) is 2.90. The molecule has 112 valence electrons. The lowest BCUT2D eigenvalue weighted by Crippen LogP contribution is -2.27. The van der Waals surface area contributed by atoms with Crippen molar-refractivity contribution < 1.29 is 0 Å². The fourth-order valence-electron chi connectivity index (χ4n) is 3.16. The molecule has 1 aliphatic carbocycles. The van der Waals surface area contributed by atoms with Gasteiger partial charge in [-0.1, -0.05) is 43.9 Å². The molecule has 1 aromatic heterocycles. The molecule has 1 heterocycles. The number of halogens is 1. The third kappa shape index (κ3) is 2.88. The van der Waals surface area contributed by atoms with Crippen LogP contribution < -0.4 is 5.73 Å². The van der Waals surface area contributed by atoms with Gasteiger partial charge in [0.2, 0.25) is 0 Å². The van der Waals surface area contributed by atoms with E-state index in [0.29, 0.717) is 16.5 Å². The Balaban J connectivity index is 1.92. The Kier molecular flexibility index (Phi) is 3.85. The molecule has 0 amide bonds. The molecule has 0 bridgehead atoms. The molecule has 2 aromatic rings. The predicted molar refractivity (Wildman–Crippen MR) is 83.9 cm³/mol. The van der Waals surface area contributed by atoms with E-state index in [1.54, 1.807) is 6.07 Å². The van der Waals surface area contributed by atoms with Crippen LogP contribution in [0, 0.1) is 5.41 Å². The van der Waals surface area contributed by atoms with Gasteiger partial charge in [0.1, 0.15) is 0 Å². The van der Waals surface area contributed by atoms with Gasteiger partial charge in [-0.25, -0.2) is 4.68 Å². The summed E-state index contributed by atoms with van der Waals surface area (Å²) in [6, 6.07) is 5.55. The molecule has 3 rings (SSSR count). The van der Waals surface area contributed by atoms with E-state index in [9.17, 15) is 0 Å². The molecule has 1 fully saturated rings. The number of para-hydroxylation sites is 1. The number of rotatable bonds is 3. The molecule has 0 unspecified atom stereocenters. The Bertz CT molecular complexity index is 631. The standard InChI is InChI=1S/C15H20ClN5/c1-15(8-3-2-4-9-15)10-21-14(18-19-20-21)11-6-5-7-12(16)13(11)17/h5-7H,2-4,8-10,17H2,1H3. The molecule has 0 aliphatic heterocycles. The van der Waals surface area contributed by atoms with E-state index in [2.05, 4.69) is 22.4 Å². The number of nitrogens with two attached hydrogens (primary N) is 1. The third-order valence-electron chi connectivity index (χ3n) is 4.42. The normalized spacial score (nSPS) is 17.8. The van der Waals surface area contributed by atoms with Crippen LogP contribution in [0.1, 0.15) is 39.0 Å². The topological polar surface area (TPSA) is 69.6 Å². The Morgan fingerprint density at radius 2 is 2.05 bits per heavy atom. The van der Waals surface area contributed by atoms with Gasteiger partial charge in [-0.05, 0) is 40.8 Å². The molecule has 1 aromatic carbocycles. The minimum absolute atomic E-state index is 0.260. The molecule has 2 N–H and O–H groups in total. The van der Waals surface area contributed by atoms with Crippen LogP contribution >= 0.6 is 11.6 Å². The lowest BCUT2D eigenvalue weighted by atomic mass is 9.76. The first kappa shape index (κ1) is 14.3. The van der Waals surface area contributed by atoms with Crippen molar-refractivity contribution in [3.8, 4) is 11.4 Å². The summed E-state index contributed by atoms with van der Waals surface area (Å²) >= 11 is 6.10. The summed E-state index contributed by atoms with van der Waals surface area (Å²) in [5.74, 6) is 0.696. The molecule has 0 spiro atoms. The number of anilines is 1. The smallest absolute Gasteiger partial charge is 0.184 e. The highest BCUT2D eigenvalue weighted by Crippen LogP contribution is 2.38. The lowest BCUT2D eigenvalue weighted by Gasteiger charge is -2.33. The quantitative estimate of drug-likeness (QED) is 0.880. The number of hydrogen-bond donors (Lipinski definition) is 1. The first-order valence-corrected chi connectivity index (χ1v) is 7.77. The zero-order chi connectivity index (χ0) is 14.9. The fourth-order valence-corrected chi connectivity index (χ4v) is 3.34. The SMILES string of the molecule is CC1(Cn2nnnc2-c2cccc(Cl)c2N)CCCCC1. The second kappa shape index (κ2) is 5.64. The van der Waals surface area contributed by atoms with Crippen molar-refractivity contribution >= 4 is 17.3 Å². The number of tetrazole rings is 1. The van der Waals surface area contributed by atoms with E-state index < -0.39 is 0 Å². The van der Waals surface area contributed by atoms with Crippen LogP contribution in [-0.4, -0.2) is 20.2 Å². The Morgan fingerprint density at radius 3 is 2.81 bits per heavy atom. The van der Waals surface area contributed by atoms with E-state index in [4.69, 9.17) is 17.3 Å². The van der Waals surface area contributed by atoms with Crippen LogP contribution in [0.2, 0.25) is 5.02 Å². The number of aromatic nitrogens is 4. The van der Waals surface area contributed by atoms with Crippen molar-refractivity contribution in [3.05, 3.63) is 23.2 Å². The van der Waals surface area contributed by atoms with E-state index in [0.717, 1.165) is 12.1 Å². The van der Waals surface area contributed by atoms with Gasteiger partial charge in [-0.3, -0.25) is 0 Å². The highest BCUT2D eigenvalue weighted by atomic mass is 35.5. The highest BCUT2D eigenvalue weighted by Gasteiger charge is 2.29. The molecular formula is C15H20ClN5. The molecule has 21 heavy (non-hydrogen) atoms. The summed E-state index contributed by atoms with van der Waals surface area (Å²) in [4.78, 5) is 0. The van der Waals surface area contributed by atoms with Crippen molar-refractivity contribution in [1.29, 1.82) is 0 Å². The maximum Gasteiger partial charge on any atom is 0.184 e. The Labute approximate surface area is 129 Å². The molecule has 0 radical (unpaired) electrons. The van der Waals surface area contributed by atoms with Crippen LogP contribution in [0.3, 0.4) is 0 Å². The second-order valence-electron chi connectivity index (χ2n) is 6.23. The highest BCUT2D eigenvalue weighted by molar-refractivity contribution is 6.33. The molecular weight excluding hydrogens is 286 g/mol. The van der Waals surface area contributed by atoms with Crippen LogP contribution in [0.15, 0.2) is 18.2 Å². The zero-order valence-electron chi connectivity index (χ0n) is 12.2. The summed E-state index contributed by atoms with van der Waals surface area (Å²) in [7, 11) is 0. The number of nitrogens with zero attached hydrogens (tertiary/aromatic N) is 4. The number of benzene rings is 1. The van der Waals surface area contributed by atoms with Crippen molar-refractivity contribution in [2.75, 3.05) is 5.73 Å². The fraction of sp³-hybridized carbons (Fsp3) is 0.533. The molecule has 1 saturated carbocycles. The van der Waals surface area contributed by atoms with Gasteiger partial charge in [0.25, 0.3) is 0 Å². The van der Waals surface area contributed by atoms with Gasteiger partial charge in [0, 0.05) is 5.56 Å². The Hall–Kier alpha value is -1.62. The zero-order valence-corrected chi connectivity index (χ0v) is 13.0. The van der Waals surface area contributed by atoms with Crippen LogP contribution in [0.25, 0.3) is 11.4 Å². The minimum Gasteiger partial charge on any atom is -0.397 e. The minimum atomic E-state index is 0.260. The van der Waals surface area contributed by atoms with Crippen LogP contribution in [0.4, 0.5) is 5.69 Å². The lowest BCUT2D eigenvalue weighted by molar-refractivity contribution is 0.175. The number of nitrogen functional groups attached to an aromatic ring is 1. The number of hydrogen-bond acceptors (Lipinski definition) is 4. The van der Waals surface area contributed by atoms with E-state index >= 15 is 0 Å². The maximum absolute atomic E-state index is 6.10. The maximum atomic E-state index is 6.10. The molecule has 0 saturated heterocycles. The summed E-state index contributed by atoms with van der Waals surface area (Å²) in [5.41, 5.74) is 7.66. The molecule has 1 aliphatic rings. The van der Waals surface area contributed by atoms with Crippen molar-refractivity contribution in [2.45, 2.75) is 45.6 Å². The predicted octanol–water partition coefficient (Wildman–Crippen LogP) is 3.55. The molecule has 0 atom stereocenters. The van der Waals surface area contributed by atoms with Gasteiger partial charge in [-0.2, -0.15) is 0 Å². The van der Waals surface area contributed by atoms with E-state index in [1.165, 1.54) is 32.1 Å². The van der Waals surface area contributed by atoms with Gasteiger partial charge in [-0.15, -0.1) is 5.10 Å². The third-order valence-corrected chi connectivity index (χ3v) is 4.75. The second-order valence-corrected chi connectivity index (χ2v) is 6.64. The monoisotopic (exact) mass is 305 g/mol. The van der Waals surface area contributed by atoms with Gasteiger partial charge < -0.3 is 5.73 Å². The van der Waals surface area contributed by atoms with Crippen LogP contribution in [-0.2, 0) is 6.54 Å². The van der Waals surface area contributed by atoms with E-state index in [1.807, 2.05) is 16.8 Å². The van der Waals surface area contributed by atoms with Gasteiger partial charge >= 0.3 is 0 Å². The first-order valence-electron chi connectivity index (χ1n) is 7.40. The van der Waals surface area contributed by atoms with Gasteiger partial charge in [0.15, 0.2) is 5.82 Å². The summed E-state index contributed by atoms with van der Waals surface area (Å²) in [6.45, 7) is 3.14. The van der Waals surface area contributed by atoms with Crippen molar-refractivity contribution in [1.82, 2.24) is 20.2 Å². The van der Waals surface area contributed by atoms with Crippen molar-refractivity contribution in [3.63, 3.8) is 0 Å². The summed E-state index contributed by atoms with van der Waals surface area (Å²) in [5, 5.41) is 12.7. The van der Waals surface area contributed by atoms with Gasteiger partial charge in [0.05, 0.1) is 17.3 Å². The van der Waals surface area contributed by atoms with Crippen LogP contribution in [0.5, 0.6) is 0 Å². The van der Waals surface area contributed by atoms with Crippen molar-refractivity contribution in [2.24, 2.45) is 5.41 Å². The summed E-state index contributed by atoms with van der Waals surface area (Å²) < 4.78 is 1.87. The van der Waals surface area contributed by atoms with E-state index in [-0.39, 0.29) is 5.41 Å². The Morgan fingerprint density at radius 1 is 1.29 bits per heavy atom.